The molecule has 1 saturated carbocycles. The third kappa shape index (κ3) is 1.89. The molecule has 90 valence electrons. The molecule has 0 amide bonds. The van der Waals surface area contributed by atoms with Crippen molar-refractivity contribution >= 4 is 22.7 Å². The zero-order valence-corrected chi connectivity index (χ0v) is 10.5. The highest BCUT2D eigenvalue weighted by atomic mass is 32.2. The minimum Gasteiger partial charge on any atom is -0.284 e. The zero-order valence-electron chi connectivity index (χ0n) is 9.67. The fourth-order valence-electron chi connectivity index (χ4n) is 1.98. The van der Waals surface area contributed by atoms with Crippen molar-refractivity contribution in [3.63, 3.8) is 0 Å². The van der Waals surface area contributed by atoms with E-state index < -0.39 is 0 Å². The second kappa shape index (κ2) is 4.46. The van der Waals surface area contributed by atoms with Gasteiger partial charge in [-0.1, -0.05) is 23.9 Å². The summed E-state index contributed by atoms with van der Waals surface area (Å²) in [6, 6.07) is 9.72. The molecule has 2 aromatic rings. The molecular weight excluding hydrogens is 246 g/mol. The third-order valence-corrected chi connectivity index (χ3v) is 3.77. The lowest BCUT2D eigenvalue weighted by molar-refractivity contribution is 0.618. The summed E-state index contributed by atoms with van der Waals surface area (Å²) in [7, 11) is 0. The summed E-state index contributed by atoms with van der Waals surface area (Å²) in [6.07, 6.45) is 2.06. The van der Waals surface area contributed by atoms with Crippen LogP contribution in [0.4, 0.5) is 0 Å². The quantitative estimate of drug-likeness (QED) is 0.625. The maximum Gasteiger partial charge on any atom is 0.262 e. The molecule has 0 unspecified atom stereocenters. The van der Waals surface area contributed by atoms with E-state index in [9.17, 15) is 4.79 Å². The van der Waals surface area contributed by atoms with E-state index in [4.69, 9.17) is 5.26 Å². The highest BCUT2D eigenvalue weighted by Gasteiger charge is 2.28. The number of fused-ring (bicyclic) bond motifs is 1. The number of hydrogen-bond donors (Lipinski definition) is 0. The molecule has 0 saturated heterocycles. The minimum atomic E-state index is 0.0172. The molecule has 1 aliphatic carbocycles. The van der Waals surface area contributed by atoms with Crippen LogP contribution in [-0.4, -0.2) is 15.3 Å². The van der Waals surface area contributed by atoms with Gasteiger partial charge in [0.15, 0.2) is 5.16 Å². The van der Waals surface area contributed by atoms with Crippen molar-refractivity contribution in [1.82, 2.24) is 9.55 Å². The maximum atomic E-state index is 12.4. The summed E-state index contributed by atoms with van der Waals surface area (Å²) < 4.78 is 1.75. The smallest absolute Gasteiger partial charge is 0.262 e. The molecule has 18 heavy (non-hydrogen) atoms. The summed E-state index contributed by atoms with van der Waals surface area (Å²) in [5.74, 6) is 0.317. The topological polar surface area (TPSA) is 58.7 Å². The van der Waals surface area contributed by atoms with Gasteiger partial charge >= 0.3 is 0 Å². The molecule has 1 aliphatic rings. The molecule has 1 aromatic heterocycles. The number of benzene rings is 1. The van der Waals surface area contributed by atoms with Gasteiger partial charge in [0.2, 0.25) is 0 Å². The molecule has 0 radical (unpaired) electrons. The van der Waals surface area contributed by atoms with Gasteiger partial charge in [-0.15, -0.1) is 0 Å². The Balaban J connectivity index is 2.23. The van der Waals surface area contributed by atoms with Gasteiger partial charge in [0.25, 0.3) is 5.56 Å². The van der Waals surface area contributed by atoms with Crippen molar-refractivity contribution in [2.24, 2.45) is 0 Å². The van der Waals surface area contributed by atoms with E-state index in [0.717, 1.165) is 12.8 Å². The summed E-state index contributed by atoms with van der Waals surface area (Å²) in [5, 5.41) is 10.00. The summed E-state index contributed by atoms with van der Waals surface area (Å²) in [4.78, 5) is 16.9. The largest absolute Gasteiger partial charge is 0.284 e. The van der Waals surface area contributed by atoms with Crippen LogP contribution in [-0.2, 0) is 0 Å². The van der Waals surface area contributed by atoms with E-state index in [1.165, 1.54) is 11.8 Å². The van der Waals surface area contributed by atoms with Crippen molar-refractivity contribution in [1.29, 1.82) is 5.26 Å². The molecule has 5 heteroatoms. The lowest BCUT2D eigenvalue weighted by atomic mass is 10.2. The van der Waals surface area contributed by atoms with Crippen molar-refractivity contribution in [3.05, 3.63) is 34.6 Å². The van der Waals surface area contributed by atoms with Gasteiger partial charge in [-0.25, -0.2) is 4.98 Å². The summed E-state index contributed by atoms with van der Waals surface area (Å²) >= 11 is 1.34. The van der Waals surface area contributed by atoms with Crippen LogP contribution >= 0.6 is 11.8 Å². The number of nitrogens with zero attached hydrogens (tertiary/aromatic N) is 3. The molecule has 1 aromatic carbocycles. The first-order valence-corrected chi connectivity index (χ1v) is 6.81. The Bertz CT molecular complexity index is 697. The fraction of sp³-hybridized carbons (Fsp3) is 0.308. The SMILES string of the molecule is N#CCSc1nc2ccccc2c(=O)n1C1CC1. The van der Waals surface area contributed by atoms with Crippen LogP contribution in [0, 0.1) is 11.3 Å². The molecule has 0 spiro atoms. The number of para-hydroxylation sites is 1. The van der Waals surface area contributed by atoms with E-state index in [1.807, 2.05) is 24.3 Å². The fourth-order valence-corrected chi connectivity index (χ4v) is 2.71. The Morgan fingerprint density at radius 2 is 2.22 bits per heavy atom. The van der Waals surface area contributed by atoms with Gasteiger partial charge in [0.1, 0.15) is 0 Å². The number of thioether (sulfide) groups is 1. The molecule has 0 N–H and O–H groups in total. The van der Waals surface area contributed by atoms with Crippen LogP contribution in [0.3, 0.4) is 0 Å². The molecule has 0 atom stereocenters. The first-order chi connectivity index (χ1) is 8.81. The van der Waals surface area contributed by atoms with Gasteiger partial charge in [-0.3, -0.25) is 9.36 Å². The molecule has 0 aliphatic heterocycles. The molecule has 0 bridgehead atoms. The lowest BCUT2D eigenvalue weighted by Crippen LogP contribution is -2.22. The van der Waals surface area contributed by atoms with E-state index in [0.29, 0.717) is 21.8 Å². The van der Waals surface area contributed by atoms with E-state index >= 15 is 0 Å². The molecule has 3 rings (SSSR count). The zero-order chi connectivity index (χ0) is 12.5. The normalized spacial score (nSPS) is 14.6. The number of hydrogen-bond acceptors (Lipinski definition) is 4. The van der Waals surface area contributed by atoms with Crippen LogP contribution in [0.5, 0.6) is 0 Å². The van der Waals surface area contributed by atoms with Crippen molar-refractivity contribution in [2.75, 3.05) is 5.75 Å². The number of aromatic nitrogens is 2. The third-order valence-electron chi connectivity index (χ3n) is 2.95. The lowest BCUT2D eigenvalue weighted by Gasteiger charge is -2.10. The first kappa shape index (κ1) is 11.3. The van der Waals surface area contributed by atoms with Crippen molar-refractivity contribution < 1.29 is 0 Å². The van der Waals surface area contributed by atoms with Gasteiger partial charge in [-0.2, -0.15) is 5.26 Å². The Kier molecular flexibility index (Phi) is 2.80. The van der Waals surface area contributed by atoms with Gasteiger partial charge < -0.3 is 0 Å². The van der Waals surface area contributed by atoms with E-state index in [1.54, 1.807) is 4.57 Å². The predicted molar refractivity (Wildman–Crippen MR) is 70.6 cm³/mol. The van der Waals surface area contributed by atoms with Crippen LogP contribution in [0.25, 0.3) is 10.9 Å². The highest BCUT2D eigenvalue weighted by molar-refractivity contribution is 7.99. The molecule has 1 heterocycles. The summed E-state index contributed by atoms with van der Waals surface area (Å²) in [6.45, 7) is 0. The Labute approximate surface area is 108 Å². The maximum absolute atomic E-state index is 12.4. The second-order valence-corrected chi connectivity index (χ2v) is 5.21. The minimum absolute atomic E-state index is 0.0172. The van der Waals surface area contributed by atoms with Crippen LogP contribution in [0.15, 0.2) is 34.2 Å². The van der Waals surface area contributed by atoms with Gasteiger partial charge in [0.05, 0.1) is 22.7 Å². The van der Waals surface area contributed by atoms with Crippen LogP contribution in [0.2, 0.25) is 0 Å². The monoisotopic (exact) mass is 257 g/mol. The second-order valence-electron chi connectivity index (χ2n) is 4.26. The Hall–Kier alpha value is -1.80. The Morgan fingerprint density at radius 1 is 1.44 bits per heavy atom. The van der Waals surface area contributed by atoms with Gasteiger partial charge in [0, 0.05) is 6.04 Å². The van der Waals surface area contributed by atoms with Gasteiger partial charge in [-0.05, 0) is 25.0 Å². The van der Waals surface area contributed by atoms with Crippen LogP contribution in [0.1, 0.15) is 18.9 Å². The average molecular weight is 257 g/mol. The average Bonchev–Trinajstić information content (AvgIpc) is 3.21. The standard InChI is InChI=1S/C13H11N3OS/c14-7-8-18-13-15-11-4-2-1-3-10(11)12(17)16(13)9-5-6-9/h1-4,9H,5-6,8H2. The van der Waals surface area contributed by atoms with E-state index in [2.05, 4.69) is 11.1 Å². The molecule has 4 nitrogen and oxygen atoms in total. The molecule has 1 fully saturated rings. The van der Waals surface area contributed by atoms with Crippen LogP contribution < -0.4 is 5.56 Å². The number of rotatable bonds is 3. The first-order valence-electron chi connectivity index (χ1n) is 5.82. The Morgan fingerprint density at radius 3 is 2.94 bits per heavy atom. The molecular formula is C13H11N3OS. The summed E-state index contributed by atoms with van der Waals surface area (Å²) in [5.41, 5.74) is 0.725. The number of nitriles is 1. The highest BCUT2D eigenvalue weighted by Crippen LogP contribution is 2.36. The predicted octanol–water partition coefficient (Wildman–Crippen LogP) is 2.35. The van der Waals surface area contributed by atoms with E-state index in [-0.39, 0.29) is 11.6 Å². The van der Waals surface area contributed by atoms with Crippen molar-refractivity contribution in [2.45, 2.75) is 24.0 Å². The van der Waals surface area contributed by atoms with Crippen molar-refractivity contribution in [3.8, 4) is 6.07 Å².